The van der Waals surface area contributed by atoms with Crippen molar-refractivity contribution < 1.29 is 9.53 Å². The van der Waals surface area contributed by atoms with Crippen molar-refractivity contribution in [2.24, 2.45) is 0 Å². The molecule has 6 heteroatoms. The molecule has 1 fully saturated rings. The van der Waals surface area contributed by atoms with Gasteiger partial charge in [0.15, 0.2) is 0 Å². The molecule has 1 saturated heterocycles. The Morgan fingerprint density at radius 2 is 1.75 bits per heavy atom. The second-order valence-corrected chi connectivity index (χ2v) is 7.98. The van der Waals surface area contributed by atoms with E-state index in [2.05, 4.69) is 38.7 Å². The number of aromatic nitrogens is 2. The Hall–Kier alpha value is -3.80. The van der Waals surface area contributed by atoms with Gasteiger partial charge >= 0.3 is 0 Å². The van der Waals surface area contributed by atoms with Gasteiger partial charge in [0.1, 0.15) is 5.75 Å². The van der Waals surface area contributed by atoms with Crippen LogP contribution >= 0.6 is 0 Å². The number of methoxy groups -OCH3 is 1. The molecule has 0 spiro atoms. The molecular weight excluding hydrogens is 400 g/mol. The van der Waals surface area contributed by atoms with Crippen molar-refractivity contribution in [3.8, 4) is 11.4 Å². The van der Waals surface area contributed by atoms with Crippen LogP contribution in [0.1, 0.15) is 5.56 Å². The summed E-state index contributed by atoms with van der Waals surface area (Å²) in [5.74, 6) is 1.88. The highest BCUT2D eigenvalue weighted by molar-refractivity contribution is 5.90. The van der Waals surface area contributed by atoms with Crippen LogP contribution < -0.4 is 9.64 Å². The molecule has 0 saturated carbocycles. The van der Waals surface area contributed by atoms with Crippen molar-refractivity contribution in [1.82, 2.24) is 14.5 Å². The molecule has 0 bridgehead atoms. The Labute approximate surface area is 187 Å². The van der Waals surface area contributed by atoms with Gasteiger partial charge in [-0.2, -0.15) is 0 Å². The van der Waals surface area contributed by atoms with E-state index in [4.69, 9.17) is 4.74 Å². The normalized spacial score (nSPS) is 14.0. The van der Waals surface area contributed by atoms with E-state index in [0.717, 1.165) is 41.4 Å². The molecule has 0 N–H and O–H groups in total. The van der Waals surface area contributed by atoms with E-state index in [0.29, 0.717) is 19.5 Å². The first-order chi connectivity index (χ1) is 15.7. The molecule has 1 amide bonds. The molecule has 0 unspecified atom stereocenters. The van der Waals surface area contributed by atoms with Gasteiger partial charge in [-0.25, -0.2) is 4.98 Å². The smallest absolute Gasteiger partial charge is 0.227 e. The number of piperazine rings is 1. The third-order valence-electron chi connectivity index (χ3n) is 6.09. The van der Waals surface area contributed by atoms with Crippen molar-refractivity contribution in [2.75, 3.05) is 38.2 Å². The number of rotatable bonds is 5. The average molecular weight is 427 g/mol. The van der Waals surface area contributed by atoms with E-state index in [9.17, 15) is 4.79 Å². The summed E-state index contributed by atoms with van der Waals surface area (Å²) in [6.45, 7) is 2.88. The number of fused-ring (bicyclic) bond motifs is 1. The van der Waals surface area contributed by atoms with Gasteiger partial charge in [-0.15, -0.1) is 0 Å². The number of benzene rings is 3. The van der Waals surface area contributed by atoms with Crippen LogP contribution in [0.2, 0.25) is 0 Å². The van der Waals surface area contributed by atoms with Gasteiger partial charge in [0.2, 0.25) is 11.9 Å². The number of hydrogen-bond acceptors (Lipinski definition) is 4. The van der Waals surface area contributed by atoms with Crippen LogP contribution in [0, 0.1) is 0 Å². The quantitative estimate of drug-likeness (QED) is 0.485. The maximum absolute atomic E-state index is 13.0. The van der Waals surface area contributed by atoms with Crippen molar-refractivity contribution >= 4 is 22.6 Å². The summed E-state index contributed by atoms with van der Waals surface area (Å²) in [7, 11) is 1.67. The SMILES string of the molecule is COc1cccc(-n2ccnc2N2CCN(C(=O)Cc3cccc4ccccc34)CC2)c1. The lowest BCUT2D eigenvalue weighted by Crippen LogP contribution is -2.49. The first-order valence-corrected chi connectivity index (χ1v) is 10.9. The van der Waals surface area contributed by atoms with E-state index in [1.54, 1.807) is 7.11 Å². The molecule has 0 atom stereocenters. The van der Waals surface area contributed by atoms with Crippen LogP contribution in [0.4, 0.5) is 5.95 Å². The zero-order valence-electron chi connectivity index (χ0n) is 18.1. The Kier molecular flexibility index (Phi) is 5.50. The third kappa shape index (κ3) is 3.91. The number of hydrogen-bond donors (Lipinski definition) is 0. The van der Waals surface area contributed by atoms with Crippen LogP contribution in [0.25, 0.3) is 16.5 Å². The van der Waals surface area contributed by atoms with Crippen molar-refractivity contribution in [2.45, 2.75) is 6.42 Å². The lowest BCUT2D eigenvalue weighted by atomic mass is 10.0. The van der Waals surface area contributed by atoms with Gasteiger partial charge in [-0.3, -0.25) is 9.36 Å². The Balaban J connectivity index is 1.27. The monoisotopic (exact) mass is 426 g/mol. The Bertz CT molecular complexity index is 1240. The van der Waals surface area contributed by atoms with E-state index in [-0.39, 0.29) is 5.91 Å². The fraction of sp³-hybridized carbons (Fsp3) is 0.231. The molecule has 6 nitrogen and oxygen atoms in total. The second kappa shape index (κ2) is 8.75. The fourth-order valence-electron chi connectivity index (χ4n) is 4.37. The number of imidazole rings is 1. The van der Waals surface area contributed by atoms with E-state index < -0.39 is 0 Å². The number of amides is 1. The van der Waals surface area contributed by atoms with Crippen LogP contribution in [0.3, 0.4) is 0 Å². The first-order valence-electron chi connectivity index (χ1n) is 10.9. The number of ether oxygens (including phenoxy) is 1. The van der Waals surface area contributed by atoms with Crippen molar-refractivity contribution in [3.63, 3.8) is 0 Å². The molecule has 5 rings (SSSR count). The maximum Gasteiger partial charge on any atom is 0.227 e. The second-order valence-electron chi connectivity index (χ2n) is 7.98. The summed E-state index contributed by atoms with van der Waals surface area (Å²) in [5.41, 5.74) is 2.09. The number of carbonyl (C=O) groups excluding carboxylic acids is 1. The van der Waals surface area contributed by atoms with Crippen LogP contribution in [0.5, 0.6) is 5.75 Å². The molecule has 1 aliphatic heterocycles. The predicted octanol–water partition coefficient (Wildman–Crippen LogP) is 3.93. The minimum atomic E-state index is 0.178. The molecule has 1 aliphatic rings. The first kappa shape index (κ1) is 20.1. The summed E-state index contributed by atoms with van der Waals surface area (Å²) in [4.78, 5) is 21.8. The average Bonchev–Trinajstić information content (AvgIpc) is 3.34. The molecule has 4 aromatic rings. The minimum Gasteiger partial charge on any atom is -0.497 e. The van der Waals surface area contributed by atoms with Gasteiger partial charge in [0.05, 0.1) is 19.2 Å². The zero-order chi connectivity index (χ0) is 21.9. The molecule has 0 aliphatic carbocycles. The van der Waals surface area contributed by atoms with Crippen molar-refractivity contribution in [3.05, 3.63) is 84.7 Å². The summed E-state index contributed by atoms with van der Waals surface area (Å²) in [6.07, 6.45) is 4.20. The number of anilines is 1. The summed E-state index contributed by atoms with van der Waals surface area (Å²) in [5, 5.41) is 2.33. The fourth-order valence-corrected chi connectivity index (χ4v) is 4.37. The van der Waals surface area contributed by atoms with Gasteiger partial charge in [0, 0.05) is 44.6 Å². The lowest BCUT2D eigenvalue weighted by Gasteiger charge is -2.35. The third-order valence-corrected chi connectivity index (χ3v) is 6.09. The Morgan fingerprint density at radius 1 is 0.969 bits per heavy atom. The predicted molar refractivity (Wildman–Crippen MR) is 127 cm³/mol. The van der Waals surface area contributed by atoms with Gasteiger partial charge in [-0.05, 0) is 28.5 Å². The number of nitrogens with zero attached hydrogens (tertiary/aromatic N) is 4. The highest BCUT2D eigenvalue weighted by Gasteiger charge is 2.24. The van der Waals surface area contributed by atoms with Crippen LogP contribution in [-0.4, -0.2) is 53.6 Å². The minimum absolute atomic E-state index is 0.178. The highest BCUT2D eigenvalue weighted by atomic mass is 16.5. The van der Waals surface area contributed by atoms with Crippen LogP contribution in [0.15, 0.2) is 79.1 Å². The maximum atomic E-state index is 13.0. The van der Waals surface area contributed by atoms with E-state index in [1.165, 1.54) is 5.39 Å². The van der Waals surface area contributed by atoms with Gasteiger partial charge in [0.25, 0.3) is 0 Å². The number of carbonyl (C=O) groups is 1. The van der Waals surface area contributed by atoms with E-state index in [1.807, 2.05) is 59.8 Å². The largest absolute Gasteiger partial charge is 0.497 e. The highest BCUT2D eigenvalue weighted by Crippen LogP contribution is 2.24. The molecule has 32 heavy (non-hydrogen) atoms. The summed E-state index contributed by atoms with van der Waals surface area (Å²) >= 11 is 0. The summed E-state index contributed by atoms with van der Waals surface area (Å²) in [6, 6.07) is 22.4. The Morgan fingerprint density at radius 3 is 2.59 bits per heavy atom. The molecule has 162 valence electrons. The molecule has 3 aromatic carbocycles. The lowest BCUT2D eigenvalue weighted by molar-refractivity contribution is -0.130. The van der Waals surface area contributed by atoms with Crippen LogP contribution in [-0.2, 0) is 11.2 Å². The van der Waals surface area contributed by atoms with Gasteiger partial charge in [-0.1, -0.05) is 48.5 Å². The van der Waals surface area contributed by atoms with Crippen molar-refractivity contribution in [1.29, 1.82) is 0 Å². The topological polar surface area (TPSA) is 50.6 Å². The molecule has 1 aromatic heterocycles. The molecular formula is C26H26N4O2. The molecule has 0 radical (unpaired) electrons. The molecule has 2 heterocycles. The van der Waals surface area contributed by atoms with E-state index >= 15 is 0 Å². The van der Waals surface area contributed by atoms with Gasteiger partial charge < -0.3 is 14.5 Å². The zero-order valence-corrected chi connectivity index (χ0v) is 18.1. The summed E-state index contributed by atoms with van der Waals surface area (Å²) < 4.78 is 7.43. The standard InChI is InChI=1S/C26H26N4O2/c1-32-23-10-5-9-22(19-23)30-13-12-27-26(30)29-16-14-28(15-17-29)25(31)18-21-8-4-7-20-6-2-3-11-24(20)21/h2-13,19H,14-18H2,1H3.